The Morgan fingerprint density at radius 2 is 1.93 bits per heavy atom. The molecule has 2 heterocycles. The number of hydrogen-bond acceptors (Lipinski definition) is 5. The van der Waals surface area contributed by atoms with Crippen molar-refractivity contribution in [2.24, 2.45) is 14.1 Å². The van der Waals surface area contributed by atoms with Crippen LogP contribution in [0.3, 0.4) is 0 Å². The molecule has 0 radical (unpaired) electrons. The molecular formula is C18H19BrN4O5. The van der Waals surface area contributed by atoms with E-state index in [4.69, 9.17) is 0 Å². The van der Waals surface area contributed by atoms with Gasteiger partial charge in [-0.1, -0.05) is 22.9 Å². The summed E-state index contributed by atoms with van der Waals surface area (Å²) in [5, 5.41) is 21.4. The molecule has 0 fully saturated rings. The van der Waals surface area contributed by atoms with Crippen molar-refractivity contribution in [1.82, 2.24) is 13.7 Å². The Bertz CT molecular complexity index is 1200. The normalized spacial score (nSPS) is 12.5. The second kappa shape index (κ2) is 7.36. The summed E-state index contributed by atoms with van der Waals surface area (Å²) in [7, 11) is 2.94. The highest BCUT2D eigenvalue weighted by Crippen LogP contribution is 2.37. The van der Waals surface area contributed by atoms with Gasteiger partial charge in [0.05, 0.1) is 34.2 Å². The third-order valence-corrected chi connectivity index (χ3v) is 5.65. The Morgan fingerprint density at radius 1 is 1.25 bits per heavy atom. The highest BCUT2D eigenvalue weighted by molar-refractivity contribution is 9.10. The summed E-state index contributed by atoms with van der Waals surface area (Å²) < 4.78 is 4.63. The van der Waals surface area contributed by atoms with E-state index in [1.807, 2.05) is 6.92 Å². The molecule has 0 amide bonds. The summed E-state index contributed by atoms with van der Waals surface area (Å²) in [4.78, 5) is 36.1. The van der Waals surface area contributed by atoms with Gasteiger partial charge in [0.15, 0.2) is 0 Å². The zero-order valence-electron chi connectivity index (χ0n) is 15.5. The first-order valence-electron chi connectivity index (χ1n) is 8.58. The first kappa shape index (κ1) is 20.0. The number of nitro benzene ring substituents is 1. The van der Waals surface area contributed by atoms with Gasteiger partial charge in [0.2, 0.25) is 0 Å². The molecule has 1 N–H and O–H groups in total. The van der Waals surface area contributed by atoms with Gasteiger partial charge in [0.25, 0.3) is 11.2 Å². The molecule has 1 aromatic carbocycles. The fourth-order valence-electron chi connectivity index (χ4n) is 3.34. The smallest absolute Gasteiger partial charge is 0.330 e. The number of aromatic nitrogens is 3. The molecule has 3 aromatic rings. The van der Waals surface area contributed by atoms with Gasteiger partial charge in [0, 0.05) is 42.5 Å². The van der Waals surface area contributed by atoms with E-state index in [-0.39, 0.29) is 23.7 Å². The molecule has 2 aromatic heterocycles. The fraction of sp³-hybridized carbons (Fsp3) is 0.333. The van der Waals surface area contributed by atoms with E-state index in [0.29, 0.717) is 27.7 Å². The van der Waals surface area contributed by atoms with Crippen molar-refractivity contribution in [3.8, 4) is 11.3 Å². The second-order valence-electron chi connectivity index (χ2n) is 6.52. The standard InChI is InChI=1S/C18H19BrN4O5/c1-4-10(9-24)22-8-14-15(17(25)21(3)18(26)20(14)2)16(22)12-7-11(23(27)28)5-6-13(12)19/h5-8,10,24H,4,9H2,1-3H3. The van der Waals surface area contributed by atoms with E-state index < -0.39 is 16.2 Å². The SMILES string of the molecule is CCC(CO)n1cc2c(c1-c1cc([N+](=O)[O-])ccc1Br)c(=O)n(C)c(=O)n2C. The van der Waals surface area contributed by atoms with Crippen LogP contribution in [0.25, 0.3) is 22.2 Å². The van der Waals surface area contributed by atoms with E-state index in [9.17, 15) is 24.8 Å². The number of aliphatic hydroxyl groups excluding tert-OH is 1. The fourth-order valence-corrected chi connectivity index (χ4v) is 3.78. The van der Waals surface area contributed by atoms with Gasteiger partial charge in [-0.05, 0) is 12.5 Å². The zero-order valence-corrected chi connectivity index (χ0v) is 17.1. The monoisotopic (exact) mass is 450 g/mol. The molecule has 0 aliphatic rings. The molecule has 0 aliphatic heterocycles. The predicted molar refractivity (Wildman–Crippen MR) is 109 cm³/mol. The topological polar surface area (TPSA) is 112 Å². The van der Waals surface area contributed by atoms with E-state index in [1.54, 1.807) is 23.9 Å². The maximum atomic E-state index is 13.0. The highest BCUT2D eigenvalue weighted by Gasteiger charge is 2.25. The molecule has 28 heavy (non-hydrogen) atoms. The molecule has 0 aliphatic carbocycles. The third-order valence-electron chi connectivity index (χ3n) is 4.96. The Kier molecular flexibility index (Phi) is 5.26. The van der Waals surface area contributed by atoms with Gasteiger partial charge in [-0.3, -0.25) is 24.0 Å². The first-order valence-corrected chi connectivity index (χ1v) is 9.37. The lowest BCUT2D eigenvalue weighted by Gasteiger charge is -2.18. The van der Waals surface area contributed by atoms with Crippen molar-refractivity contribution in [2.75, 3.05) is 6.61 Å². The number of benzene rings is 1. The lowest BCUT2D eigenvalue weighted by Crippen LogP contribution is -2.36. The number of rotatable bonds is 5. The van der Waals surface area contributed by atoms with Crippen LogP contribution in [0, 0.1) is 10.1 Å². The molecule has 1 unspecified atom stereocenters. The van der Waals surface area contributed by atoms with Crippen LogP contribution in [-0.4, -0.2) is 30.3 Å². The number of aliphatic hydroxyl groups is 1. The van der Waals surface area contributed by atoms with Gasteiger partial charge >= 0.3 is 5.69 Å². The van der Waals surface area contributed by atoms with E-state index >= 15 is 0 Å². The third kappa shape index (κ3) is 2.98. The van der Waals surface area contributed by atoms with Crippen LogP contribution < -0.4 is 11.2 Å². The van der Waals surface area contributed by atoms with Gasteiger partial charge in [-0.25, -0.2) is 4.79 Å². The maximum absolute atomic E-state index is 13.0. The van der Waals surface area contributed by atoms with Gasteiger partial charge < -0.3 is 9.67 Å². The summed E-state index contributed by atoms with van der Waals surface area (Å²) in [6, 6.07) is 3.92. The molecule has 0 spiro atoms. The quantitative estimate of drug-likeness (QED) is 0.473. The molecule has 0 saturated heterocycles. The summed E-state index contributed by atoms with van der Waals surface area (Å²) >= 11 is 3.41. The summed E-state index contributed by atoms with van der Waals surface area (Å²) in [5.41, 5.74) is 0.148. The van der Waals surface area contributed by atoms with Crippen LogP contribution in [0.2, 0.25) is 0 Å². The summed E-state index contributed by atoms with van der Waals surface area (Å²) in [6.45, 7) is 1.69. The predicted octanol–water partition coefficient (Wildman–Crippen LogP) is 2.32. The molecule has 0 bridgehead atoms. The van der Waals surface area contributed by atoms with Crippen molar-refractivity contribution in [1.29, 1.82) is 0 Å². The van der Waals surface area contributed by atoms with E-state index in [1.165, 1.54) is 23.7 Å². The number of aryl methyl sites for hydroxylation is 1. The Morgan fingerprint density at radius 3 is 2.50 bits per heavy atom. The molecule has 1 atom stereocenters. The summed E-state index contributed by atoms with van der Waals surface area (Å²) in [5.74, 6) is 0. The first-order chi connectivity index (χ1) is 13.2. The minimum Gasteiger partial charge on any atom is -0.394 e. The van der Waals surface area contributed by atoms with Crippen molar-refractivity contribution in [3.63, 3.8) is 0 Å². The average Bonchev–Trinajstić information content (AvgIpc) is 3.06. The van der Waals surface area contributed by atoms with Crippen molar-refractivity contribution < 1.29 is 10.0 Å². The molecule has 3 rings (SSSR count). The summed E-state index contributed by atoms with van der Waals surface area (Å²) in [6.07, 6.45) is 2.20. The molecule has 10 heteroatoms. The number of hydrogen-bond donors (Lipinski definition) is 1. The van der Waals surface area contributed by atoms with Gasteiger partial charge in [-0.2, -0.15) is 0 Å². The van der Waals surface area contributed by atoms with Crippen LogP contribution in [0.15, 0.2) is 38.5 Å². The largest absolute Gasteiger partial charge is 0.394 e. The zero-order chi connectivity index (χ0) is 20.7. The number of fused-ring (bicyclic) bond motifs is 1. The van der Waals surface area contributed by atoms with Crippen molar-refractivity contribution >= 4 is 32.5 Å². The van der Waals surface area contributed by atoms with E-state index in [2.05, 4.69) is 15.9 Å². The Balaban J connectivity index is 2.56. The van der Waals surface area contributed by atoms with Crippen LogP contribution in [0.1, 0.15) is 19.4 Å². The molecular weight excluding hydrogens is 432 g/mol. The lowest BCUT2D eigenvalue weighted by atomic mass is 10.1. The number of non-ortho nitro benzene ring substituents is 1. The Labute approximate surface area is 167 Å². The highest BCUT2D eigenvalue weighted by atomic mass is 79.9. The van der Waals surface area contributed by atoms with Crippen molar-refractivity contribution in [3.05, 3.63) is 59.8 Å². The molecule has 148 valence electrons. The number of nitro groups is 1. The van der Waals surface area contributed by atoms with Gasteiger partial charge in [0.1, 0.15) is 0 Å². The minimum absolute atomic E-state index is 0.127. The lowest BCUT2D eigenvalue weighted by molar-refractivity contribution is -0.384. The maximum Gasteiger partial charge on any atom is 0.330 e. The average molecular weight is 451 g/mol. The number of halogens is 1. The van der Waals surface area contributed by atoms with Crippen LogP contribution in [0.5, 0.6) is 0 Å². The van der Waals surface area contributed by atoms with Crippen molar-refractivity contribution in [2.45, 2.75) is 19.4 Å². The van der Waals surface area contributed by atoms with Crippen LogP contribution in [0.4, 0.5) is 5.69 Å². The molecule has 0 saturated carbocycles. The second-order valence-corrected chi connectivity index (χ2v) is 7.37. The minimum atomic E-state index is -0.511. The van der Waals surface area contributed by atoms with Crippen LogP contribution in [-0.2, 0) is 14.1 Å². The molecule has 9 nitrogen and oxygen atoms in total. The van der Waals surface area contributed by atoms with Gasteiger partial charge in [-0.15, -0.1) is 0 Å². The van der Waals surface area contributed by atoms with E-state index in [0.717, 1.165) is 4.57 Å². The van der Waals surface area contributed by atoms with Crippen LogP contribution >= 0.6 is 15.9 Å². The Hall–Kier alpha value is -2.72. The number of nitrogens with zero attached hydrogens (tertiary/aromatic N) is 4.